The van der Waals surface area contributed by atoms with E-state index in [1.807, 2.05) is 27.6 Å². The lowest BCUT2D eigenvalue weighted by molar-refractivity contribution is -0.687. The molecule has 0 spiro atoms. The van der Waals surface area contributed by atoms with E-state index in [9.17, 15) is 19.2 Å². The molecule has 3 aromatic heterocycles. The molecule has 1 fully saturated rings. The first-order valence-corrected chi connectivity index (χ1v) is 15.2. The maximum absolute atomic E-state index is 13.3. The molecule has 5 heterocycles. The van der Waals surface area contributed by atoms with Gasteiger partial charge in [0.2, 0.25) is 6.10 Å². The number of aldehydes is 1. The van der Waals surface area contributed by atoms with Crippen molar-refractivity contribution in [3.8, 4) is 0 Å². The molecule has 2 unspecified atom stereocenters. The second-order valence-corrected chi connectivity index (χ2v) is 12.4. The molecule has 0 bridgehead atoms. The number of β-lactam (4-membered cyclic amide) rings is 1. The van der Waals surface area contributed by atoms with Crippen LogP contribution in [0.3, 0.4) is 0 Å². The number of rotatable bonds is 12. The van der Waals surface area contributed by atoms with Crippen molar-refractivity contribution in [2.75, 3.05) is 18.0 Å². The number of amides is 2. The Morgan fingerprint density at radius 2 is 2.23 bits per heavy atom. The summed E-state index contributed by atoms with van der Waals surface area (Å²) in [6.07, 6.45) is 5.63. The number of halogens is 1. The van der Waals surface area contributed by atoms with Crippen molar-refractivity contribution in [1.29, 1.82) is 0 Å². The Kier molecular flexibility index (Phi) is 8.95. The van der Waals surface area contributed by atoms with Crippen LogP contribution in [0.15, 0.2) is 41.2 Å². The van der Waals surface area contributed by atoms with Crippen molar-refractivity contribution >= 4 is 80.6 Å². The Morgan fingerprint density at radius 3 is 2.91 bits per heavy atom. The predicted molar refractivity (Wildman–Crippen MR) is 158 cm³/mol. The highest BCUT2D eigenvalue weighted by molar-refractivity contribution is 8.00. The van der Waals surface area contributed by atoms with Crippen LogP contribution in [-0.2, 0) is 37.1 Å². The summed E-state index contributed by atoms with van der Waals surface area (Å²) in [4.78, 5) is 64.6. The number of carboxylic acid groups (broad SMARTS) is 1. The maximum atomic E-state index is 13.3. The normalized spacial score (nSPS) is 19.2. The van der Waals surface area contributed by atoms with E-state index in [1.165, 1.54) is 23.6 Å². The fraction of sp³-hybridized carbons (Fsp3) is 0.360. The van der Waals surface area contributed by atoms with Crippen LogP contribution in [0.2, 0.25) is 4.34 Å². The number of carbonyl (C=O) groups is 4. The molecule has 0 aromatic carbocycles. The largest absolute Gasteiger partial charge is 0.478 e. The Labute approximate surface area is 257 Å². The summed E-state index contributed by atoms with van der Waals surface area (Å²) >= 11 is 8.44. The summed E-state index contributed by atoms with van der Waals surface area (Å²) in [5.74, 6) is -2.25. The van der Waals surface area contributed by atoms with Gasteiger partial charge in [-0.1, -0.05) is 28.1 Å². The lowest BCUT2D eigenvalue weighted by Gasteiger charge is -2.49. The molecule has 226 valence electrons. The Hall–Kier alpha value is -4.06. The zero-order chi connectivity index (χ0) is 30.8. The topological polar surface area (TPSA) is 212 Å². The molecular formula is C25H27ClN9O6S2+. The van der Waals surface area contributed by atoms with Crippen LogP contribution in [0.25, 0.3) is 11.0 Å². The number of thiazole rings is 1. The van der Waals surface area contributed by atoms with Gasteiger partial charge in [0, 0.05) is 23.9 Å². The molecule has 15 nitrogen and oxygen atoms in total. The van der Waals surface area contributed by atoms with Gasteiger partial charge in [0.1, 0.15) is 21.4 Å². The number of nitrogens with zero attached hydrogens (tertiary/aromatic N) is 6. The molecule has 0 radical (unpaired) electrons. The SMILES string of the molecule is C[C@H](O/N=C(\C(=O)NC1C(=O)N2C(C=O)=C(C[n+]3ccc4c(c3)ncn4CCCN)CSC12)c1nc(N)sc1Cl)C(=O)O. The molecule has 6 N–H and O–H groups in total. The van der Waals surface area contributed by atoms with E-state index in [0.717, 1.165) is 40.9 Å². The Morgan fingerprint density at radius 1 is 1.44 bits per heavy atom. The van der Waals surface area contributed by atoms with E-state index in [-0.39, 0.29) is 20.9 Å². The Bertz CT molecular complexity index is 1670. The number of thioether (sulfide) groups is 1. The highest BCUT2D eigenvalue weighted by Crippen LogP contribution is 2.39. The van der Waals surface area contributed by atoms with E-state index >= 15 is 0 Å². The van der Waals surface area contributed by atoms with Crippen LogP contribution in [0.1, 0.15) is 19.0 Å². The zero-order valence-electron chi connectivity index (χ0n) is 22.7. The van der Waals surface area contributed by atoms with Crippen molar-refractivity contribution in [3.05, 3.63) is 46.1 Å². The minimum Gasteiger partial charge on any atom is -0.478 e. The molecule has 3 atom stereocenters. The number of aromatic nitrogens is 4. The van der Waals surface area contributed by atoms with Gasteiger partial charge in [-0.25, -0.2) is 14.8 Å². The van der Waals surface area contributed by atoms with Crippen LogP contribution < -0.4 is 21.4 Å². The fourth-order valence-corrected chi connectivity index (χ4v) is 6.86. The third-order valence-electron chi connectivity index (χ3n) is 6.78. The second-order valence-electron chi connectivity index (χ2n) is 9.64. The maximum Gasteiger partial charge on any atom is 0.347 e. The molecule has 0 aliphatic carbocycles. The molecule has 2 aliphatic rings. The summed E-state index contributed by atoms with van der Waals surface area (Å²) in [6, 6.07) is 0.953. The zero-order valence-corrected chi connectivity index (χ0v) is 25.1. The first kappa shape index (κ1) is 30.4. The molecule has 1 saturated heterocycles. The highest BCUT2D eigenvalue weighted by Gasteiger charge is 2.53. The van der Waals surface area contributed by atoms with Gasteiger partial charge < -0.3 is 31.3 Å². The molecule has 0 saturated carbocycles. The number of hydrogen-bond acceptors (Lipinski definition) is 12. The average molecular weight is 649 g/mol. The minimum atomic E-state index is -1.38. The van der Waals surface area contributed by atoms with Gasteiger partial charge in [0.25, 0.3) is 11.8 Å². The number of allylic oxidation sites excluding steroid dienone is 1. The van der Waals surface area contributed by atoms with Crippen LogP contribution in [0, 0.1) is 0 Å². The number of hydrogen-bond donors (Lipinski definition) is 4. The summed E-state index contributed by atoms with van der Waals surface area (Å²) in [5, 5.41) is 14.9. The number of nitrogen functional groups attached to an aromatic ring is 1. The number of nitrogens with two attached hydrogens (primary N) is 2. The second kappa shape index (κ2) is 12.7. The molecule has 2 aliphatic heterocycles. The number of fused-ring (bicyclic) bond motifs is 2. The van der Waals surface area contributed by atoms with Gasteiger partial charge in [0.05, 0.1) is 17.5 Å². The van der Waals surface area contributed by atoms with Crippen LogP contribution in [0.5, 0.6) is 0 Å². The predicted octanol–water partition coefficient (Wildman–Crippen LogP) is 0.112. The third kappa shape index (κ3) is 6.06. The third-order valence-corrected chi connectivity index (χ3v) is 9.20. The smallest absolute Gasteiger partial charge is 0.347 e. The molecule has 2 amide bonds. The van der Waals surface area contributed by atoms with E-state index in [0.29, 0.717) is 25.1 Å². The first-order chi connectivity index (χ1) is 20.6. The van der Waals surface area contributed by atoms with Crippen LogP contribution in [-0.4, -0.2) is 84.1 Å². The van der Waals surface area contributed by atoms with Crippen molar-refractivity contribution in [1.82, 2.24) is 24.8 Å². The summed E-state index contributed by atoms with van der Waals surface area (Å²) in [7, 11) is 0. The van der Waals surface area contributed by atoms with Gasteiger partial charge in [-0.15, -0.1) is 11.8 Å². The van der Waals surface area contributed by atoms with Gasteiger partial charge in [0.15, 0.2) is 41.6 Å². The number of aliphatic carboxylic acids is 1. The summed E-state index contributed by atoms with van der Waals surface area (Å²) in [6.45, 7) is 2.93. The van der Waals surface area contributed by atoms with Crippen LogP contribution in [0.4, 0.5) is 5.13 Å². The van der Waals surface area contributed by atoms with Gasteiger partial charge in [-0.2, -0.15) is 4.57 Å². The first-order valence-electron chi connectivity index (χ1n) is 13.0. The van der Waals surface area contributed by atoms with Crippen molar-refractivity contribution in [3.63, 3.8) is 0 Å². The van der Waals surface area contributed by atoms with Gasteiger partial charge in [-0.05, 0) is 19.9 Å². The van der Waals surface area contributed by atoms with Crippen molar-refractivity contribution < 1.29 is 33.7 Å². The molecular weight excluding hydrogens is 622 g/mol. The molecule has 43 heavy (non-hydrogen) atoms. The molecule has 18 heteroatoms. The van der Waals surface area contributed by atoms with Crippen molar-refractivity contribution in [2.45, 2.75) is 44.0 Å². The number of pyridine rings is 1. The van der Waals surface area contributed by atoms with Crippen molar-refractivity contribution in [2.24, 2.45) is 10.9 Å². The van der Waals surface area contributed by atoms with Gasteiger partial charge >= 0.3 is 5.97 Å². The fourth-order valence-electron chi connectivity index (χ4n) is 4.58. The standard InChI is InChI=1S/C25H26ClN9O6S2/c1-12(24(39)40)41-32-18(17-20(26)43-25(28)31-17)21(37)30-19-22(38)35-16(9-36)13(10-42-23(19)35)7-33-6-3-15-14(8-33)29-11-34(15)5-2-4-27/h3,6,8-9,11-12,19,23H,2,4-5,7,10,27H2,1H3,(H3-,28,30,31,37,39,40)/p+1/b32-18-/t12-,19?,23?/m0/s1. The number of aryl methyl sites for hydroxylation is 1. The lowest BCUT2D eigenvalue weighted by Crippen LogP contribution is -2.70. The van der Waals surface area contributed by atoms with Crippen LogP contribution >= 0.6 is 34.7 Å². The lowest BCUT2D eigenvalue weighted by atomic mass is 10.0. The number of anilines is 1. The monoisotopic (exact) mass is 648 g/mol. The van der Waals surface area contributed by atoms with E-state index in [1.54, 1.807) is 6.33 Å². The number of nitrogens with one attached hydrogen (secondary N) is 1. The van der Waals surface area contributed by atoms with Gasteiger partial charge in [-0.3, -0.25) is 19.3 Å². The summed E-state index contributed by atoms with van der Waals surface area (Å²) < 4.78 is 3.96. The number of imidazole rings is 1. The highest BCUT2D eigenvalue weighted by atomic mass is 35.5. The van der Waals surface area contributed by atoms with E-state index in [4.69, 9.17) is 33.0 Å². The van der Waals surface area contributed by atoms with E-state index in [2.05, 4.69) is 20.4 Å². The average Bonchev–Trinajstić information content (AvgIpc) is 3.55. The Balaban J connectivity index is 1.32. The number of carboxylic acids is 1. The minimum absolute atomic E-state index is 0.0282. The molecule has 3 aromatic rings. The number of oxime groups is 1. The summed E-state index contributed by atoms with van der Waals surface area (Å²) in [5.41, 5.74) is 13.5. The number of carbonyl (C=O) groups excluding carboxylic acids is 3. The quantitative estimate of drug-likeness (QED) is 0.0680. The molecule has 5 rings (SSSR count). The van der Waals surface area contributed by atoms with E-state index < -0.39 is 41.0 Å².